The highest BCUT2D eigenvalue weighted by Crippen LogP contribution is 2.25. The Morgan fingerprint density at radius 2 is 2.07 bits per heavy atom. The zero-order valence-corrected chi connectivity index (χ0v) is 8.71. The molecule has 1 aromatic rings. The van der Waals surface area contributed by atoms with Gasteiger partial charge < -0.3 is 9.84 Å². The van der Waals surface area contributed by atoms with Crippen LogP contribution in [0.15, 0.2) is 18.2 Å². The van der Waals surface area contributed by atoms with Gasteiger partial charge in [-0.1, -0.05) is 6.92 Å². The highest BCUT2D eigenvalue weighted by molar-refractivity contribution is 5.21. The van der Waals surface area contributed by atoms with Crippen molar-refractivity contribution in [2.45, 2.75) is 13.0 Å². The molecule has 0 aliphatic rings. The SMILES string of the molecule is COCC(C)C(O)c1cc(F)ccc1F. The van der Waals surface area contributed by atoms with Crippen molar-refractivity contribution >= 4 is 0 Å². The molecule has 4 heteroatoms. The Morgan fingerprint density at radius 3 is 2.67 bits per heavy atom. The van der Waals surface area contributed by atoms with E-state index >= 15 is 0 Å². The highest BCUT2D eigenvalue weighted by atomic mass is 19.1. The Labute approximate surface area is 87.5 Å². The number of aliphatic hydroxyl groups excluding tert-OH is 1. The minimum atomic E-state index is -1.05. The Kier molecular flexibility index (Phi) is 4.17. The molecule has 0 spiro atoms. The van der Waals surface area contributed by atoms with Crippen LogP contribution in [-0.2, 0) is 4.74 Å². The van der Waals surface area contributed by atoms with Crippen molar-refractivity contribution in [3.63, 3.8) is 0 Å². The molecule has 84 valence electrons. The summed E-state index contributed by atoms with van der Waals surface area (Å²) in [6, 6.07) is 3.03. The minimum absolute atomic E-state index is 0.0282. The Bertz CT molecular complexity index is 328. The predicted molar refractivity (Wildman–Crippen MR) is 52.4 cm³/mol. The lowest BCUT2D eigenvalue weighted by Gasteiger charge is -2.18. The average molecular weight is 216 g/mol. The van der Waals surface area contributed by atoms with E-state index in [1.807, 2.05) is 0 Å². The standard InChI is InChI=1S/C11H14F2O2/c1-7(6-15-2)11(14)9-5-8(12)3-4-10(9)13/h3-5,7,11,14H,6H2,1-2H3. The zero-order chi connectivity index (χ0) is 11.4. The van der Waals surface area contributed by atoms with Gasteiger partial charge in [-0.25, -0.2) is 8.78 Å². The lowest BCUT2D eigenvalue weighted by atomic mass is 9.97. The smallest absolute Gasteiger partial charge is 0.129 e. The maximum atomic E-state index is 13.3. The fraction of sp³-hybridized carbons (Fsp3) is 0.455. The third kappa shape index (κ3) is 2.97. The van der Waals surface area contributed by atoms with Crippen LogP contribution in [0.4, 0.5) is 8.78 Å². The largest absolute Gasteiger partial charge is 0.388 e. The molecule has 0 amide bonds. The summed E-state index contributed by atoms with van der Waals surface area (Å²) in [5.41, 5.74) is -0.0282. The number of methoxy groups -OCH3 is 1. The van der Waals surface area contributed by atoms with Crippen LogP contribution in [0.1, 0.15) is 18.6 Å². The van der Waals surface area contributed by atoms with Crippen molar-refractivity contribution in [1.29, 1.82) is 0 Å². The molecule has 1 aromatic carbocycles. The van der Waals surface area contributed by atoms with Crippen LogP contribution in [-0.4, -0.2) is 18.8 Å². The number of hydrogen-bond acceptors (Lipinski definition) is 2. The minimum Gasteiger partial charge on any atom is -0.388 e. The summed E-state index contributed by atoms with van der Waals surface area (Å²) in [7, 11) is 1.49. The maximum absolute atomic E-state index is 13.3. The Balaban J connectivity index is 2.89. The molecule has 0 bridgehead atoms. The van der Waals surface area contributed by atoms with Gasteiger partial charge in [0.1, 0.15) is 11.6 Å². The van der Waals surface area contributed by atoms with Gasteiger partial charge in [0.05, 0.1) is 12.7 Å². The topological polar surface area (TPSA) is 29.5 Å². The van der Waals surface area contributed by atoms with E-state index < -0.39 is 17.7 Å². The number of aliphatic hydroxyl groups is 1. The quantitative estimate of drug-likeness (QED) is 0.836. The lowest BCUT2D eigenvalue weighted by molar-refractivity contribution is 0.0543. The molecule has 0 aliphatic carbocycles. The molecule has 0 fully saturated rings. The number of hydrogen-bond donors (Lipinski definition) is 1. The van der Waals surface area contributed by atoms with Gasteiger partial charge in [-0.05, 0) is 18.2 Å². The number of halogens is 2. The van der Waals surface area contributed by atoms with Crippen LogP contribution in [0.25, 0.3) is 0 Å². The first-order chi connectivity index (χ1) is 7.06. The van der Waals surface area contributed by atoms with Gasteiger partial charge in [0.15, 0.2) is 0 Å². The molecule has 0 aromatic heterocycles. The van der Waals surface area contributed by atoms with Crippen LogP contribution in [0, 0.1) is 17.6 Å². The number of benzene rings is 1. The second-order valence-electron chi connectivity index (χ2n) is 3.54. The van der Waals surface area contributed by atoms with E-state index in [9.17, 15) is 13.9 Å². The summed E-state index contributed by atoms with van der Waals surface area (Å²) in [6.07, 6.45) is -1.05. The van der Waals surface area contributed by atoms with Gasteiger partial charge in [-0.3, -0.25) is 0 Å². The van der Waals surface area contributed by atoms with Crippen LogP contribution in [0.3, 0.4) is 0 Å². The number of ether oxygens (including phenoxy) is 1. The molecule has 2 unspecified atom stereocenters. The first-order valence-electron chi connectivity index (χ1n) is 4.68. The second-order valence-corrected chi connectivity index (χ2v) is 3.54. The van der Waals surface area contributed by atoms with Crippen molar-refractivity contribution in [2.75, 3.05) is 13.7 Å². The van der Waals surface area contributed by atoms with Crippen LogP contribution >= 0.6 is 0 Å². The average Bonchev–Trinajstić information content (AvgIpc) is 2.21. The molecule has 0 radical (unpaired) electrons. The van der Waals surface area contributed by atoms with Crippen molar-refractivity contribution in [1.82, 2.24) is 0 Å². The van der Waals surface area contributed by atoms with Gasteiger partial charge in [-0.15, -0.1) is 0 Å². The van der Waals surface area contributed by atoms with E-state index in [-0.39, 0.29) is 18.1 Å². The molecule has 2 atom stereocenters. The van der Waals surface area contributed by atoms with Gasteiger partial charge in [0, 0.05) is 18.6 Å². The molecule has 15 heavy (non-hydrogen) atoms. The van der Waals surface area contributed by atoms with Gasteiger partial charge in [0.2, 0.25) is 0 Å². The number of rotatable bonds is 4. The first-order valence-corrected chi connectivity index (χ1v) is 4.68. The molecule has 1 N–H and O–H groups in total. The van der Waals surface area contributed by atoms with Crippen molar-refractivity contribution in [2.24, 2.45) is 5.92 Å². The molecule has 0 saturated heterocycles. The predicted octanol–water partition coefficient (Wildman–Crippen LogP) is 2.28. The third-order valence-corrected chi connectivity index (χ3v) is 2.25. The van der Waals surface area contributed by atoms with Crippen LogP contribution in [0.5, 0.6) is 0 Å². The Morgan fingerprint density at radius 1 is 1.40 bits per heavy atom. The van der Waals surface area contributed by atoms with Gasteiger partial charge >= 0.3 is 0 Å². The summed E-state index contributed by atoms with van der Waals surface area (Å²) < 4.78 is 30.9. The van der Waals surface area contributed by atoms with Crippen molar-refractivity contribution in [3.8, 4) is 0 Å². The summed E-state index contributed by atoms with van der Waals surface area (Å²) in [5.74, 6) is -1.45. The first kappa shape index (κ1) is 12.1. The van der Waals surface area contributed by atoms with Gasteiger partial charge in [0.25, 0.3) is 0 Å². The van der Waals surface area contributed by atoms with E-state index in [2.05, 4.69) is 0 Å². The maximum Gasteiger partial charge on any atom is 0.129 e. The molecule has 2 nitrogen and oxygen atoms in total. The summed E-state index contributed by atoms with van der Waals surface area (Å²) in [4.78, 5) is 0. The van der Waals surface area contributed by atoms with Gasteiger partial charge in [-0.2, -0.15) is 0 Å². The fourth-order valence-corrected chi connectivity index (χ4v) is 1.40. The van der Waals surface area contributed by atoms with Crippen molar-refractivity contribution < 1.29 is 18.6 Å². The van der Waals surface area contributed by atoms with E-state index in [0.29, 0.717) is 0 Å². The monoisotopic (exact) mass is 216 g/mol. The molecule has 1 rings (SSSR count). The van der Waals surface area contributed by atoms with E-state index in [1.165, 1.54) is 7.11 Å². The summed E-state index contributed by atoms with van der Waals surface area (Å²) in [6.45, 7) is 2.00. The van der Waals surface area contributed by atoms with Crippen LogP contribution < -0.4 is 0 Å². The van der Waals surface area contributed by atoms with E-state index in [1.54, 1.807) is 6.92 Å². The normalized spacial score (nSPS) is 15.0. The molecular formula is C11H14F2O2. The molecular weight excluding hydrogens is 202 g/mol. The van der Waals surface area contributed by atoms with Crippen LogP contribution in [0.2, 0.25) is 0 Å². The fourth-order valence-electron chi connectivity index (χ4n) is 1.40. The molecule has 0 saturated carbocycles. The molecule has 0 heterocycles. The van der Waals surface area contributed by atoms with Crippen molar-refractivity contribution in [3.05, 3.63) is 35.4 Å². The summed E-state index contributed by atoms with van der Waals surface area (Å²) >= 11 is 0. The zero-order valence-electron chi connectivity index (χ0n) is 8.71. The Hall–Kier alpha value is -1.00. The highest BCUT2D eigenvalue weighted by Gasteiger charge is 2.20. The molecule has 0 aliphatic heterocycles. The third-order valence-electron chi connectivity index (χ3n) is 2.25. The second kappa shape index (κ2) is 5.19. The summed E-state index contributed by atoms with van der Waals surface area (Å²) in [5, 5.41) is 9.74. The van der Waals surface area contributed by atoms with E-state index in [4.69, 9.17) is 4.74 Å². The lowest BCUT2D eigenvalue weighted by Crippen LogP contribution is -2.15. The van der Waals surface area contributed by atoms with E-state index in [0.717, 1.165) is 18.2 Å².